The van der Waals surface area contributed by atoms with Crippen molar-refractivity contribution in [3.63, 3.8) is 0 Å². The Hall–Kier alpha value is -3.96. The van der Waals surface area contributed by atoms with Crippen LogP contribution in [-0.2, 0) is 4.79 Å². The van der Waals surface area contributed by atoms with Crippen LogP contribution in [-0.4, -0.2) is 32.2 Å². The maximum absolute atomic E-state index is 13.6. The van der Waals surface area contributed by atoms with Crippen molar-refractivity contribution in [2.75, 3.05) is 11.4 Å². The standard InChI is InChI=1S/C27H25N5O2S/c1-18-9-11-21(12-10-18)31(16-6-14-28)25(33)20(3)35-27-30-23-8-5-4-7-22(23)26(34)32(27)24-17-19(2)13-15-29-24/h4-5,7-13,15,17,20H,6,16H2,1-3H3. The maximum atomic E-state index is 13.6. The predicted octanol–water partition coefficient (Wildman–Crippen LogP) is 4.83. The molecule has 0 spiro atoms. The van der Waals surface area contributed by atoms with Crippen LogP contribution in [0.25, 0.3) is 16.7 Å². The first-order chi connectivity index (χ1) is 16.9. The summed E-state index contributed by atoms with van der Waals surface area (Å²) in [5.41, 5.74) is 3.09. The fourth-order valence-electron chi connectivity index (χ4n) is 3.72. The molecule has 2 heterocycles. The van der Waals surface area contributed by atoms with E-state index in [1.54, 1.807) is 36.2 Å². The number of nitriles is 1. The number of nitrogens with zero attached hydrogens (tertiary/aromatic N) is 5. The zero-order valence-electron chi connectivity index (χ0n) is 19.8. The van der Waals surface area contributed by atoms with Gasteiger partial charge in [-0.3, -0.25) is 9.59 Å². The molecule has 0 aliphatic heterocycles. The van der Waals surface area contributed by atoms with Gasteiger partial charge in [0.2, 0.25) is 5.91 Å². The van der Waals surface area contributed by atoms with Gasteiger partial charge >= 0.3 is 0 Å². The summed E-state index contributed by atoms with van der Waals surface area (Å²) in [5.74, 6) is 0.288. The van der Waals surface area contributed by atoms with E-state index in [-0.39, 0.29) is 24.4 Å². The molecule has 35 heavy (non-hydrogen) atoms. The van der Waals surface area contributed by atoms with Crippen molar-refractivity contribution in [1.82, 2.24) is 14.5 Å². The van der Waals surface area contributed by atoms with E-state index in [2.05, 4.69) is 11.1 Å². The van der Waals surface area contributed by atoms with Gasteiger partial charge in [0, 0.05) is 18.4 Å². The number of anilines is 1. The second-order valence-corrected chi connectivity index (χ2v) is 9.55. The minimum Gasteiger partial charge on any atom is -0.310 e. The van der Waals surface area contributed by atoms with Crippen molar-refractivity contribution in [1.29, 1.82) is 5.26 Å². The van der Waals surface area contributed by atoms with Crippen LogP contribution < -0.4 is 10.5 Å². The number of aryl methyl sites for hydroxylation is 2. The summed E-state index contributed by atoms with van der Waals surface area (Å²) >= 11 is 1.21. The van der Waals surface area contributed by atoms with Crippen molar-refractivity contribution in [3.8, 4) is 11.9 Å². The number of fused-ring (bicyclic) bond motifs is 1. The van der Waals surface area contributed by atoms with Gasteiger partial charge in [-0.1, -0.05) is 41.6 Å². The molecule has 0 saturated carbocycles. The van der Waals surface area contributed by atoms with E-state index in [0.717, 1.165) is 16.8 Å². The number of benzene rings is 2. The molecule has 176 valence electrons. The van der Waals surface area contributed by atoms with Crippen LogP contribution in [0.4, 0.5) is 5.69 Å². The quantitative estimate of drug-likeness (QED) is 0.276. The lowest BCUT2D eigenvalue weighted by Gasteiger charge is -2.25. The highest BCUT2D eigenvalue weighted by molar-refractivity contribution is 8.00. The number of aromatic nitrogens is 3. The number of carbonyl (C=O) groups excluding carboxylic acids is 1. The van der Waals surface area contributed by atoms with Gasteiger partial charge < -0.3 is 4.90 Å². The highest BCUT2D eigenvalue weighted by atomic mass is 32.2. The Morgan fingerprint density at radius 3 is 2.57 bits per heavy atom. The Labute approximate surface area is 208 Å². The Morgan fingerprint density at radius 2 is 1.86 bits per heavy atom. The molecule has 0 saturated heterocycles. The number of amides is 1. The Bertz CT molecular complexity index is 1470. The van der Waals surface area contributed by atoms with E-state index in [1.807, 2.05) is 56.3 Å². The van der Waals surface area contributed by atoms with E-state index in [4.69, 9.17) is 10.2 Å². The van der Waals surface area contributed by atoms with E-state index in [0.29, 0.717) is 21.9 Å². The fourth-order valence-corrected chi connectivity index (χ4v) is 4.69. The first-order valence-electron chi connectivity index (χ1n) is 11.3. The second-order valence-electron chi connectivity index (χ2n) is 8.24. The zero-order chi connectivity index (χ0) is 24.9. The highest BCUT2D eigenvalue weighted by Gasteiger charge is 2.25. The number of rotatable bonds is 7. The van der Waals surface area contributed by atoms with Crippen LogP contribution >= 0.6 is 11.8 Å². The van der Waals surface area contributed by atoms with Gasteiger partial charge in [-0.05, 0) is 62.7 Å². The largest absolute Gasteiger partial charge is 0.310 e. The molecule has 0 N–H and O–H groups in total. The zero-order valence-corrected chi connectivity index (χ0v) is 20.6. The molecule has 1 atom stereocenters. The average molecular weight is 484 g/mol. The minimum atomic E-state index is -0.570. The molecule has 1 amide bonds. The minimum absolute atomic E-state index is 0.166. The van der Waals surface area contributed by atoms with Crippen molar-refractivity contribution in [3.05, 3.63) is 88.3 Å². The van der Waals surface area contributed by atoms with Crippen LogP contribution in [0.5, 0.6) is 0 Å². The summed E-state index contributed by atoms with van der Waals surface area (Å²) in [4.78, 5) is 37.8. The highest BCUT2D eigenvalue weighted by Crippen LogP contribution is 2.27. The SMILES string of the molecule is Cc1ccc(N(CCC#N)C(=O)C(C)Sc2nc3ccccc3c(=O)n2-c2cc(C)ccn2)cc1. The summed E-state index contributed by atoms with van der Waals surface area (Å²) < 4.78 is 1.47. The van der Waals surface area contributed by atoms with E-state index >= 15 is 0 Å². The molecule has 2 aromatic heterocycles. The summed E-state index contributed by atoms with van der Waals surface area (Å²) in [7, 11) is 0. The van der Waals surface area contributed by atoms with Crippen LogP contribution in [0.15, 0.2) is 76.8 Å². The molecule has 2 aromatic carbocycles. The van der Waals surface area contributed by atoms with Gasteiger partial charge in [0.25, 0.3) is 5.56 Å². The smallest absolute Gasteiger partial charge is 0.267 e. The second kappa shape index (κ2) is 10.5. The summed E-state index contributed by atoms with van der Waals surface area (Å²) in [6, 6.07) is 20.6. The number of pyridine rings is 1. The van der Waals surface area contributed by atoms with Gasteiger partial charge in [-0.15, -0.1) is 0 Å². The molecule has 0 aliphatic rings. The fraction of sp³-hybridized carbons (Fsp3) is 0.222. The molecule has 8 heteroatoms. The number of thioether (sulfide) groups is 1. The molecule has 0 bridgehead atoms. The Morgan fingerprint density at radius 1 is 1.11 bits per heavy atom. The van der Waals surface area contributed by atoms with Crippen molar-refractivity contribution < 1.29 is 4.79 Å². The summed E-state index contributed by atoms with van der Waals surface area (Å²) in [6.07, 6.45) is 1.86. The number of carbonyl (C=O) groups is 1. The van der Waals surface area contributed by atoms with Crippen LogP contribution in [0, 0.1) is 25.2 Å². The van der Waals surface area contributed by atoms with E-state index in [1.165, 1.54) is 16.3 Å². The average Bonchev–Trinajstić information content (AvgIpc) is 2.85. The first-order valence-corrected chi connectivity index (χ1v) is 12.1. The number of hydrogen-bond donors (Lipinski definition) is 0. The van der Waals surface area contributed by atoms with Gasteiger partial charge in [-0.25, -0.2) is 14.5 Å². The summed E-state index contributed by atoms with van der Waals surface area (Å²) in [5, 5.41) is 9.43. The molecule has 4 rings (SSSR count). The van der Waals surface area contributed by atoms with Crippen molar-refractivity contribution in [2.24, 2.45) is 0 Å². The van der Waals surface area contributed by atoms with Gasteiger partial charge in [-0.2, -0.15) is 5.26 Å². The van der Waals surface area contributed by atoms with Crippen LogP contribution in [0.2, 0.25) is 0 Å². The topological polar surface area (TPSA) is 91.9 Å². The van der Waals surface area contributed by atoms with E-state index < -0.39 is 5.25 Å². The molecule has 0 fully saturated rings. The number of hydrogen-bond acceptors (Lipinski definition) is 6. The van der Waals surface area contributed by atoms with Gasteiger partial charge in [0.1, 0.15) is 5.82 Å². The van der Waals surface area contributed by atoms with Crippen molar-refractivity contribution >= 4 is 34.3 Å². The van der Waals surface area contributed by atoms with Crippen LogP contribution in [0.1, 0.15) is 24.5 Å². The van der Waals surface area contributed by atoms with Crippen molar-refractivity contribution in [2.45, 2.75) is 37.6 Å². The molecular formula is C27H25N5O2S. The molecule has 4 aromatic rings. The first kappa shape index (κ1) is 24.2. The lowest BCUT2D eigenvalue weighted by atomic mass is 10.2. The third kappa shape index (κ3) is 5.26. The molecule has 0 radical (unpaired) electrons. The Balaban J connectivity index is 1.75. The molecule has 0 aliphatic carbocycles. The molecule has 7 nitrogen and oxygen atoms in total. The lowest BCUT2D eigenvalue weighted by molar-refractivity contribution is -0.117. The van der Waals surface area contributed by atoms with Gasteiger partial charge in [0.15, 0.2) is 5.16 Å². The molecular weight excluding hydrogens is 458 g/mol. The number of para-hydroxylation sites is 1. The van der Waals surface area contributed by atoms with Crippen LogP contribution in [0.3, 0.4) is 0 Å². The van der Waals surface area contributed by atoms with E-state index in [9.17, 15) is 9.59 Å². The third-order valence-electron chi connectivity index (χ3n) is 5.56. The third-order valence-corrected chi connectivity index (χ3v) is 6.60. The predicted molar refractivity (Wildman–Crippen MR) is 139 cm³/mol. The maximum Gasteiger partial charge on any atom is 0.267 e. The molecule has 1 unspecified atom stereocenters. The monoisotopic (exact) mass is 483 g/mol. The normalized spacial score (nSPS) is 11.7. The Kier molecular flexibility index (Phi) is 7.28. The lowest BCUT2D eigenvalue weighted by Crippen LogP contribution is -2.37. The van der Waals surface area contributed by atoms with Gasteiger partial charge in [0.05, 0.1) is 28.6 Å². The summed E-state index contributed by atoms with van der Waals surface area (Å²) in [6.45, 7) is 5.97.